The lowest BCUT2D eigenvalue weighted by Gasteiger charge is -2.30. The number of hydrogen-bond acceptors (Lipinski definition) is 2. The molecule has 0 aliphatic heterocycles. The van der Waals surface area contributed by atoms with E-state index in [2.05, 4.69) is 0 Å². The summed E-state index contributed by atoms with van der Waals surface area (Å²) in [5.41, 5.74) is 0. The zero-order valence-corrected chi connectivity index (χ0v) is 13.7. The Morgan fingerprint density at radius 1 is 1.24 bits per heavy atom. The molecule has 0 bridgehead atoms. The van der Waals surface area contributed by atoms with Gasteiger partial charge in [0.25, 0.3) is 0 Å². The normalized spacial score (nSPS) is 16.6. The van der Waals surface area contributed by atoms with Crippen molar-refractivity contribution in [2.75, 3.05) is 0 Å². The summed E-state index contributed by atoms with van der Waals surface area (Å²) in [6, 6.07) is 5.04. The Balaban J connectivity index is 2.05. The molecule has 3 nitrogen and oxygen atoms in total. The van der Waals surface area contributed by atoms with E-state index in [4.69, 9.17) is 39.5 Å². The zero-order valence-electron chi connectivity index (χ0n) is 11.4. The standard InChI is InChI=1S/C15H16Cl3NO2/c16-11-6-7-14(13(17)8-11)21-9-15(18)19(10-20)12-4-2-1-3-5-12/h6-10,12H,1-5H2/b15-9+. The molecule has 0 radical (unpaired) electrons. The summed E-state index contributed by atoms with van der Waals surface area (Å²) in [7, 11) is 0. The zero-order chi connectivity index (χ0) is 15.2. The molecule has 1 aliphatic rings. The first-order valence-electron chi connectivity index (χ1n) is 6.83. The van der Waals surface area contributed by atoms with E-state index < -0.39 is 0 Å². The van der Waals surface area contributed by atoms with Gasteiger partial charge in [-0.05, 0) is 31.0 Å². The average Bonchev–Trinajstić information content (AvgIpc) is 2.48. The Labute approximate surface area is 139 Å². The number of carbonyl (C=O) groups is 1. The molecule has 21 heavy (non-hydrogen) atoms. The highest BCUT2D eigenvalue weighted by Crippen LogP contribution is 2.29. The minimum absolute atomic E-state index is 0.143. The van der Waals surface area contributed by atoms with Crippen LogP contribution in [0.25, 0.3) is 0 Å². The largest absolute Gasteiger partial charge is 0.460 e. The molecule has 114 valence electrons. The van der Waals surface area contributed by atoms with E-state index >= 15 is 0 Å². The maximum Gasteiger partial charge on any atom is 0.215 e. The van der Waals surface area contributed by atoms with Gasteiger partial charge in [-0.1, -0.05) is 54.1 Å². The summed E-state index contributed by atoms with van der Waals surface area (Å²) in [5, 5.41) is 1.17. The third kappa shape index (κ3) is 4.53. The van der Waals surface area contributed by atoms with Crippen LogP contribution in [0.2, 0.25) is 10.0 Å². The lowest BCUT2D eigenvalue weighted by atomic mass is 9.95. The van der Waals surface area contributed by atoms with Gasteiger partial charge in [-0.25, -0.2) is 0 Å². The van der Waals surface area contributed by atoms with Gasteiger partial charge in [0.15, 0.2) is 0 Å². The first kappa shape index (κ1) is 16.5. The van der Waals surface area contributed by atoms with Crippen LogP contribution in [0.3, 0.4) is 0 Å². The Morgan fingerprint density at radius 2 is 1.95 bits per heavy atom. The van der Waals surface area contributed by atoms with Crippen molar-refractivity contribution >= 4 is 41.2 Å². The minimum atomic E-state index is 0.143. The fourth-order valence-corrected chi connectivity index (χ4v) is 3.09. The topological polar surface area (TPSA) is 29.5 Å². The third-order valence-corrected chi connectivity index (χ3v) is 4.32. The molecule has 0 unspecified atom stereocenters. The van der Waals surface area contributed by atoms with Gasteiger partial charge in [-0.2, -0.15) is 0 Å². The van der Waals surface area contributed by atoms with Gasteiger partial charge in [0.05, 0.1) is 5.02 Å². The summed E-state index contributed by atoms with van der Waals surface area (Å²) in [6.45, 7) is 0. The molecule has 0 aromatic heterocycles. The smallest absolute Gasteiger partial charge is 0.215 e. The second-order valence-electron chi connectivity index (χ2n) is 4.94. The number of nitrogens with zero attached hydrogens (tertiary/aromatic N) is 1. The Kier molecular flexibility index (Phi) is 6.22. The Morgan fingerprint density at radius 3 is 2.57 bits per heavy atom. The van der Waals surface area contributed by atoms with E-state index in [1.54, 1.807) is 18.2 Å². The molecule has 0 atom stereocenters. The molecule has 6 heteroatoms. The molecule has 1 aromatic rings. The number of rotatable bonds is 5. The summed E-state index contributed by atoms with van der Waals surface area (Å²) in [5.74, 6) is 0.439. The van der Waals surface area contributed by atoms with Crippen LogP contribution in [0.1, 0.15) is 32.1 Å². The molecule has 1 aromatic carbocycles. The quantitative estimate of drug-likeness (QED) is 0.416. The number of halogens is 3. The SMILES string of the molecule is O=CN(/C(Cl)=C/Oc1ccc(Cl)cc1Cl)C1CCCCC1. The third-order valence-electron chi connectivity index (χ3n) is 3.51. The van der Waals surface area contributed by atoms with Gasteiger partial charge in [0, 0.05) is 11.1 Å². The first-order chi connectivity index (χ1) is 10.1. The van der Waals surface area contributed by atoms with E-state index in [1.165, 1.54) is 17.6 Å². The molecule has 1 fully saturated rings. The van der Waals surface area contributed by atoms with Crippen molar-refractivity contribution < 1.29 is 9.53 Å². The van der Waals surface area contributed by atoms with Crippen molar-refractivity contribution in [3.63, 3.8) is 0 Å². The molecular formula is C15H16Cl3NO2. The first-order valence-corrected chi connectivity index (χ1v) is 7.96. The van der Waals surface area contributed by atoms with Gasteiger partial charge in [0.2, 0.25) is 6.41 Å². The van der Waals surface area contributed by atoms with Crippen LogP contribution in [0.4, 0.5) is 0 Å². The highest BCUT2D eigenvalue weighted by molar-refractivity contribution is 6.35. The van der Waals surface area contributed by atoms with Crippen LogP contribution in [0.5, 0.6) is 5.75 Å². The highest BCUT2D eigenvalue weighted by atomic mass is 35.5. The highest BCUT2D eigenvalue weighted by Gasteiger charge is 2.22. The molecule has 0 saturated heterocycles. The summed E-state index contributed by atoms with van der Waals surface area (Å²) < 4.78 is 5.44. The Bertz CT molecular complexity index is 528. The van der Waals surface area contributed by atoms with Crippen LogP contribution in [0, 0.1) is 0 Å². The lowest BCUT2D eigenvalue weighted by molar-refractivity contribution is -0.118. The van der Waals surface area contributed by atoms with Crippen LogP contribution in [-0.2, 0) is 4.79 Å². The molecule has 1 aliphatic carbocycles. The monoisotopic (exact) mass is 347 g/mol. The maximum absolute atomic E-state index is 11.3. The fraction of sp³-hybridized carbons (Fsp3) is 0.400. The predicted molar refractivity (Wildman–Crippen MR) is 85.8 cm³/mol. The van der Waals surface area contributed by atoms with Gasteiger partial charge in [-0.15, -0.1) is 0 Å². The number of ether oxygens (including phenoxy) is 1. The molecular weight excluding hydrogens is 333 g/mol. The van der Waals surface area contributed by atoms with E-state index in [1.807, 2.05) is 0 Å². The maximum atomic E-state index is 11.3. The number of carbonyl (C=O) groups excluding carboxylic acids is 1. The van der Waals surface area contributed by atoms with Gasteiger partial charge in [0.1, 0.15) is 17.2 Å². The summed E-state index contributed by atoms with van der Waals surface area (Å²) in [6.07, 6.45) is 7.45. The second kappa shape index (κ2) is 7.92. The summed E-state index contributed by atoms with van der Waals surface area (Å²) >= 11 is 18.0. The number of amides is 1. The predicted octanol–water partition coefficient (Wildman–Crippen LogP) is 5.20. The van der Waals surface area contributed by atoms with Crippen molar-refractivity contribution in [2.45, 2.75) is 38.1 Å². The molecule has 2 rings (SSSR count). The fourth-order valence-electron chi connectivity index (χ4n) is 2.41. The van der Waals surface area contributed by atoms with Gasteiger partial charge in [-0.3, -0.25) is 9.69 Å². The van der Waals surface area contributed by atoms with Crippen molar-refractivity contribution in [3.05, 3.63) is 39.7 Å². The summed E-state index contributed by atoms with van der Waals surface area (Å²) in [4.78, 5) is 12.8. The van der Waals surface area contributed by atoms with E-state index in [9.17, 15) is 4.79 Å². The Hall–Kier alpha value is -0.900. The molecule has 0 N–H and O–H groups in total. The van der Waals surface area contributed by atoms with Crippen LogP contribution in [0.15, 0.2) is 29.6 Å². The van der Waals surface area contributed by atoms with Crippen LogP contribution < -0.4 is 4.74 Å². The molecule has 0 heterocycles. The van der Waals surface area contributed by atoms with Crippen LogP contribution >= 0.6 is 34.8 Å². The van der Waals surface area contributed by atoms with Gasteiger partial charge < -0.3 is 4.74 Å². The van der Waals surface area contributed by atoms with E-state index in [0.29, 0.717) is 15.8 Å². The second-order valence-corrected chi connectivity index (χ2v) is 6.17. The molecule has 1 saturated carbocycles. The minimum Gasteiger partial charge on any atom is -0.460 e. The number of benzene rings is 1. The van der Waals surface area contributed by atoms with Crippen molar-refractivity contribution in [1.29, 1.82) is 0 Å². The van der Waals surface area contributed by atoms with Crippen molar-refractivity contribution in [3.8, 4) is 5.75 Å². The van der Waals surface area contributed by atoms with E-state index in [-0.39, 0.29) is 11.2 Å². The molecule has 0 spiro atoms. The van der Waals surface area contributed by atoms with Crippen molar-refractivity contribution in [2.24, 2.45) is 0 Å². The van der Waals surface area contributed by atoms with Crippen LogP contribution in [-0.4, -0.2) is 17.4 Å². The molecule has 1 amide bonds. The van der Waals surface area contributed by atoms with Gasteiger partial charge >= 0.3 is 0 Å². The number of hydrogen-bond donors (Lipinski definition) is 0. The lowest BCUT2D eigenvalue weighted by Crippen LogP contribution is -2.33. The average molecular weight is 349 g/mol. The van der Waals surface area contributed by atoms with E-state index in [0.717, 1.165) is 32.1 Å². The van der Waals surface area contributed by atoms with Crippen molar-refractivity contribution in [1.82, 2.24) is 4.90 Å².